The van der Waals surface area contributed by atoms with Crippen LogP contribution < -0.4 is 5.32 Å². The fourth-order valence-electron chi connectivity index (χ4n) is 3.64. The lowest BCUT2D eigenvalue weighted by molar-refractivity contribution is -0.392. The molecule has 0 bridgehead atoms. The molecule has 0 saturated carbocycles. The first-order valence-electron chi connectivity index (χ1n) is 10.7. The van der Waals surface area contributed by atoms with Crippen molar-refractivity contribution in [1.29, 1.82) is 0 Å². The number of hydrogen-bond donors (Lipinski definition) is 2. The van der Waals surface area contributed by atoms with Crippen LogP contribution >= 0.6 is 0 Å². The Morgan fingerprint density at radius 1 is 1.30 bits per heavy atom. The SMILES string of the molecule is CC(=O)C1=C(O)C(CCCCNC(=O)OC(C)(C)C)N(CCn2c([N+](=O)[O-])cnc2C)C1=O. The first kappa shape index (κ1) is 25.8. The molecule has 0 radical (unpaired) electrons. The minimum atomic E-state index is -0.721. The Kier molecular flexibility index (Phi) is 8.18. The molecule has 2 N–H and O–H groups in total. The Morgan fingerprint density at radius 2 is 1.97 bits per heavy atom. The highest BCUT2D eigenvalue weighted by Gasteiger charge is 2.41. The number of imidazole rings is 1. The lowest BCUT2D eigenvalue weighted by Gasteiger charge is -2.25. The number of ketones is 1. The number of aliphatic hydroxyl groups is 1. The fourth-order valence-corrected chi connectivity index (χ4v) is 3.64. The Hall–Kier alpha value is -3.44. The van der Waals surface area contributed by atoms with E-state index < -0.39 is 34.3 Å². The summed E-state index contributed by atoms with van der Waals surface area (Å²) in [5.41, 5.74) is -0.860. The zero-order valence-corrected chi connectivity index (χ0v) is 19.6. The van der Waals surface area contributed by atoms with Crippen molar-refractivity contribution in [2.75, 3.05) is 13.1 Å². The van der Waals surface area contributed by atoms with Crippen molar-refractivity contribution in [3.05, 3.63) is 33.5 Å². The summed E-state index contributed by atoms with van der Waals surface area (Å²) in [6.07, 6.45) is 2.08. The number of carbonyl (C=O) groups excluding carboxylic acids is 3. The molecule has 0 aromatic carbocycles. The van der Waals surface area contributed by atoms with E-state index >= 15 is 0 Å². The smallest absolute Gasteiger partial charge is 0.407 e. The minimum absolute atomic E-state index is 0.0541. The van der Waals surface area contributed by atoms with Crippen LogP contribution in [-0.4, -0.2) is 67.0 Å². The van der Waals surface area contributed by atoms with Crippen molar-refractivity contribution in [2.45, 2.75) is 72.1 Å². The Morgan fingerprint density at radius 3 is 2.55 bits per heavy atom. The number of nitrogens with one attached hydrogen (secondary N) is 1. The van der Waals surface area contributed by atoms with Gasteiger partial charge in [0.25, 0.3) is 5.91 Å². The molecule has 12 heteroatoms. The van der Waals surface area contributed by atoms with Crippen LogP contribution in [0, 0.1) is 17.0 Å². The van der Waals surface area contributed by atoms with Gasteiger partial charge in [-0.2, -0.15) is 0 Å². The summed E-state index contributed by atoms with van der Waals surface area (Å²) in [7, 11) is 0. The largest absolute Gasteiger partial charge is 0.509 e. The number of alkyl carbamates (subject to hydrolysis) is 1. The van der Waals surface area contributed by atoms with Crippen LogP contribution in [0.15, 0.2) is 17.5 Å². The van der Waals surface area contributed by atoms with E-state index in [4.69, 9.17) is 4.74 Å². The molecular weight excluding hydrogens is 434 g/mol. The predicted molar refractivity (Wildman–Crippen MR) is 118 cm³/mol. The maximum atomic E-state index is 12.8. The highest BCUT2D eigenvalue weighted by Crippen LogP contribution is 2.29. The van der Waals surface area contributed by atoms with E-state index in [9.17, 15) is 29.6 Å². The number of carbonyl (C=O) groups is 3. The molecule has 1 aliphatic rings. The van der Waals surface area contributed by atoms with Gasteiger partial charge in [-0.1, -0.05) is 0 Å². The van der Waals surface area contributed by atoms with Crippen LogP contribution in [0.1, 0.15) is 52.8 Å². The minimum Gasteiger partial charge on any atom is -0.509 e. The number of aliphatic hydroxyl groups excluding tert-OH is 1. The van der Waals surface area contributed by atoms with Gasteiger partial charge >= 0.3 is 11.9 Å². The van der Waals surface area contributed by atoms with Crippen LogP contribution in [-0.2, 0) is 20.9 Å². The number of amides is 2. The van der Waals surface area contributed by atoms with Gasteiger partial charge in [-0.05, 0) is 51.9 Å². The summed E-state index contributed by atoms with van der Waals surface area (Å²) in [4.78, 5) is 52.4. The third-order valence-electron chi connectivity index (χ3n) is 5.13. The van der Waals surface area contributed by atoms with E-state index in [1.165, 1.54) is 16.4 Å². The van der Waals surface area contributed by atoms with Crippen molar-refractivity contribution in [2.24, 2.45) is 0 Å². The molecule has 0 aliphatic carbocycles. The average molecular weight is 466 g/mol. The van der Waals surface area contributed by atoms with Crippen molar-refractivity contribution < 1.29 is 29.2 Å². The third-order valence-corrected chi connectivity index (χ3v) is 5.13. The molecular formula is C21H31N5O7. The monoisotopic (exact) mass is 465 g/mol. The van der Waals surface area contributed by atoms with Gasteiger partial charge in [0, 0.05) is 13.5 Å². The summed E-state index contributed by atoms with van der Waals surface area (Å²) in [6, 6.07) is -0.721. The van der Waals surface area contributed by atoms with E-state index in [1.807, 2.05) is 0 Å². The van der Waals surface area contributed by atoms with E-state index in [1.54, 1.807) is 27.7 Å². The summed E-state index contributed by atoms with van der Waals surface area (Å²) in [5, 5.41) is 24.4. The summed E-state index contributed by atoms with van der Waals surface area (Å²) >= 11 is 0. The highest BCUT2D eigenvalue weighted by molar-refractivity contribution is 6.20. The number of rotatable bonds is 10. The van der Waals surface area contributed by atoms with E-state index in [0.29, 0.717) is 31.6 Å². The molecule has 0 spiro atoms. The van der Waals surface area contributed by atoms with Crippen LogP contribution in [0.3, 0.4) is 0 Å². The van der Waals surface area contributed by atoms with Gasteiger partial charge in [-0.25, -0.2) is 14.3 Å². The van der Waals surface area contributed by atoms with Gasteiger partial charge in [0.15, 0.2) is 11.6 Å². The normalized spacial score (nSPS) is 16.3. The number of Topliss-reactive ketones (excluding diaryl/α,β-unsaturated/α-hetero) is 1. The van der Waals surface area contributed by atoms with E-state index in [-0.39, 0.29) is 30.2 Å². The standard InChI is InChI=1S/C21H31N5O7/c1-13(27)17-18(28)15(8-6-7-9-22-20(30)33-21(3,4)5)25(19(17)29)11-10-24-14(2)23-12-16(24)26(31)32/h12,15,28H,6-11H2,1-5H3,(H,22,30). The van der Waals surface area contributed by atoms with E-state index in [2.05, 4.69) is 10.3 Å². The molecule has 33 heavy (non-hydrogen) atoms. The molecule has 182 valence electrons. The molecule has 1 atom stereocenters. The Bertz CT molecular complexity index is 961. The molecule has 1 aromatic rings. The number of ether oxygens (including phenoxy) is 1. The quantitative estimate of drug-likeness (QED) is 0.231. The average Bonchev–Trinajstić information content (AvgIpc) is 3.15. The zero-order chi connectivity index (χ0) is 24.9. The summed E-state index contributed by atoms with van der Waals surface area (Å²) < 4.78 is 6.54. The molecule has 1 unspecified atom stereocenters. The van der Waals surface area contributed by atoms with Crippen LogP contribution in [0.4, 0.5) is 10.6 Å². The maximum absolute atomic E-state index is 12.8. The predicted octanol–water partition coefficient (Wildman–Crippen LogP) is 2.41. The van der Waals surface area contributed by atoms with Crippen LogP contribution in [0.2, 0.25) is 0 Å². The second-order valence-electron chi connectivity index (χ2n) is 8.83. The molecule has 0 fully saturated rings. The Balaban J connectivity index is 2.01. The number of aryl methyl sites for hydroxylation is 1. The second-order valence-corrected chi connectivity index (χ2v) is 8.83. The number of hydrogen-bond acceptors (Lipinski definition) is 8. The van der Waals surface area contributed by atoms with Crippen molar-refractivity contribution in [3.8, 4) is 0 Å². The van der Waals surface area contributed by atoms with E-state index in [0.717, 1.165) is 6.20 Å². The van der Waals surface area contributed by atoms with Gasteiger partial charge in [-0.15, -0.1) is 0 Å². The first-order valence-corrected chi connectivity index (χ1v) is 10.7. The fraction of sp³-hybridized carbons (Fsp3) is 0.619. The molecule has 1 aromatic heterocycles. The number of unbranched alkanes of at least 4 members (excludes halogenated alkanes) is 1. The topological polar surface area (TPSA) is 157 Å². The van der Waals surface area contributed by atoms with Crippen LogP contribution in [0.5, 0.6) is 0 Å². The van der Waals surface area contributed by atoms with Gasteiger partial charge in [0.05, 0.1) is 12.6 Å². The third kappa shape index (κ3) is 6.53. The molecule has 2 amide bonds. The van der Waals surface area contributed by atoms with Gasteiger partial charge in [-0.3, -0.25) is 9.59 Å². The lowest BCUT2D eigenvalue weighted by atomic mass is 10.1. The zero-order valence-electron chi connectivity index (χ0n) is 19.6. The van der Waals surface area contributed by atoms with Crippen LogP contribution in [0.25, 0.3) is 0 Å². The second kappa shape index (κ2) is 10.5. The molecule has 0 saturated heterocycles. The van der Waals surface area contributed by atoms with Gasteiger partial charge in [0.1, 0.15) is 29.7 Å². The maximum Gasteiger partial charge on any atom is 0.407 e. The highest BCUT2D eigenvalue weighted by atomic mass is 16.6. The number of aromatic nitrogens is 2. The summed E-state index contributed by atoms with van der Waals surface area (Å²) in [6.45, 7) is 8.60. The first-order chi connectivity index (χ1) is 15.3. The number of nitro groups is 1. The van der Waals surface area contributed by atoms with Crippen molar-refractivity contribution >= 4 is 23.6 Å². The van der Waals surface area contributed by atoms with Gasteiger partial charge < -0.3 is 30.2 Å². The number of nitrogens with zero attached hydrogens (tertiary/aromatic N) is 4. The lowest BCUT2D eigenvalue weighted by Crippen LogP contribution is -2.39. The van der Waals surface area contributed by atoms with Crippen molar-refractivity contribution in [1.82, 2.24) is 19.8 Å². The van der Waals surface area contributed by atoms with Gasteiger partial charge in [0.2, 0.25) is 0 Å². The van der Waals surface area contributed by atoms with Crippen molar-refractivity contribution in [3.63, 3.8) is 0 Å². The molecule has 2 rings (SSSR count). The molecule has 12 nitrogen and oxygen atoms in total. The summed E-state index contributed by atoms with van der Waals surface area (Å²) in [5.74, 6) is -1.21. The molecule has 1 aliphatic heterocycles. The molecule has 2 heterocycles. The Labute approximate surface area is 191 Å².